The first kappa shape index (κ1) is 22.3. The zero-order valence-electron chi connectivity index (χ0n) is 16.6. The van der Waals surface area contributed by atoms with E-state index in [0.717, 1.165) is 5.56 Å². The second kappa shape index (κ2) is 10.6. The van der Waals surface area contributed by atoms with Crippen molar-refractivity contribution < 1.29 is 18.7 Å². The van der Waals surface area contributed by atoms with Crippen LogP contribution in [0.3, 0.4) is 0 Å². The van der Waals surface area contributed by atoms with Crippen LogP contribution in [0.4, 0.5) is 10.1 Å². The fourth-order valence-electron chi connectivity index (χ4n) is 2.83. The monoisotopic (exact) mass is 446 g/mol. The first-order valence-corrected chi connectivity index (χ1v) is 9.81. The predicted molar refractivity (Wildman–Crippen MR) is 111 cm³/mol. The number of nitrogens with one attached hydrogen (secondary N) is 2. The normalized spacial score (nSPS) is 11.7. The third-order valence-electron chi connectivity index (χ3n) is 4.26. The summed E-state index contributed by atoms with van der Waals surface area (Å²) in [5.74, 6) is -1.29. The highest BCUT2D eigenvalue weighted by Crippen LogP contribution is 2.23. The third kappa shape index (κ3) is 6.30. The number of benzene rings is 2. The molecule has 11 heteroatoms. The maximum Gasteiger partial charge on any atom is 0.323 e. The highest BCUT2D eigenvalue weighted by molar-refractivity contribution is 6.31. The van der Waals surface area contributed by atoms with Crippen LogP contribution in [0.1, 0.15) is 12.5 Å². The Morgan fingerprint density at radius 2 is 2.00 bits per heavy atom. The number of hydrogen-bond acceptors (Lipinski definition) is 7. The molecule has 31 heavy (non-hydrogen) atoms. The van der Waals surface area contributed by atoms with Crippen LogP contribution >= 0.6 is 11.6 Å². The van der Waals surface area contributed by atoms with Gasteiger partial charge in [0.1, 0.15) is 18.2 Å². The van der Waals surface area contributed by atoms with E-state index in [-0.39, 0.29) is 25.4 Å². The molecule has 1 heterocycles. The summed E-state index contributed by atoms with van der Waals surface area (Å²) in [6.45, 7) is 1.72. The molecule has 1 aromatic heterocycles. The molecule has 0 radical (unpaired) electrons. The van der Waals surface area contributed by atoms with Crippen molar-refractivity contribution in [1.29, 1.82) is 0 Å². The number of amides is 1. The van der Waals surface area contributed by atoms with Crippen molar-refractivity contribution >= 4 is 29.2 Å². The minimum Gasteiger partial charge on any atom is -0.465 e. The molecule has 0 spiro atoms. The maximum atomic E-state index is 13.1. The summed E-state index contributed by atoms with van der Waals surface area (Å²) in [4.78, 5) is 24.9. The Bertz CT molecular complexity index is 1030. The van der Waals surface area contributed by atoms with Gasteiger partial charge in [-0.3, -0.25) is 14.9 Å². The molecule has 2 N–H and O–H groups in total. The van der Waals surface area contributed by atoms with Crippen LogP contribution in [0.15, 0.2) is 48.8 Å². The number of nitrogens with zero attached hydrogens (tertiary/aromatic N) is 4. The number of rotatable bonds is 9. The van der Waals surface area contributed by atoms with Gasteiger partial charge < -0.3 is 10.1 Å². The van der Waals surface area contributed by atoms with Crippen molar-refractivity contribution in [2.24, 2.45) is 0 Å². The van der Waals surface area contributed by atoms with Crippen LogP contribution in [0.5, 0.6) is 0 Å². The fraction of sp³-hybridized carbons (Fsp3) is 0.250. The molecule has 0 aliphatic heterocycles. The number of carbonyl (C=O) groups excluding carboxylic acids is 2. The third-order valence-corrected chi connectivity index (χ3v) is 4.50. The SMILES string of the molecule is CCOC(=O)C(Cc1ccc(F)cc1)NCC(=O)Nc1cc(Cl)ccc1-n1cnnn1. The number of ether oxygens (including phenoxy) is 1. The quantitative estimate of drug-likeness (QED) is 0.484. The van der Waals surface area contributed by atoms with E-state index in [2.05, 4.69) is 26.2 Å². The summed E-state index contributed by atoms with van der Waals surface area (Å²) in [6.07, 6.45) is 1.62. The van der Waals surface area contributed by atoms with Gasteiger partial charge in [0.2, 0.25) is 5.91 Å². The van der Waals surface area contributed by atoms with Gasteiger partial charge >= 0.3 is 5.97 Å². The molecular weight excluding hydrogens is 427 g/mol. The van der Waals surface area contributed by atoms with Crippen molar-refractivity contribution in [2.75, 3.05) is 18.5 Å². The van der Waals surface area contributed by atoms with Crippen LogP contribution in [-0.4, -0.2) is 51.3 Å². The van der Waals surface area contributed by atoms with Crippen molar-refractivity contribution in [2.45, 2.75) is 19.4 Å². The van der Waals surface area contributed by atoms with E-state index in [0.29, 0.717) is 16.4 Å². The average molecular weight is 447 g/mol. The Balaban J connectivity index is 1.67. The lowest BCUT2D eigenvalue weighted by Crippen LogP contribution is -2.43. The van der Waals surface area contributed by atoms with Crippen LogP contribution in [0.2, 0.25) is 5.02 Å². The summed E-state index contributed by atoms with van der Waals surface area (Å²) < 4.78 is 19.6. The zero-order chi connectivity index (χ0) is 22.2. The lowest BCUT2D eigenvalue weighted by Gasteiger charge is -2.18. The number of tetrazole rings is 1. The molecule has 0 fully saturated rings. The van der Waals surface area contributed by atoms with Gasteiger partial charge in [-0.1, -0.05) is 23.7 Å². The molecule has 9 nitrogen and oxygen atoms in total. The van der Waals surface area contributed by atoms with Gasteiger partial charge in [-0.15, -0.1) is 5.10 Å². The number of halogens is 2. The number of hydrogen-bond donors (Lipinski definition) is 2. The molecule has 1 amide bonds. The maximum absolute atomic E-state index is 13.1. The van der Waals surface area contributed by atoms with Crippen LogP contribution in [0, 0.1) is 5.82 Å². The minimum absolute atomic E-state index is 0.174. The van der Waals surface area contributed by atoms with Gasteiger partial charge in [-0.2, -0.15) is 4.68 Å². The van der Waals surface area contributed by atoms with Gasteiger partial charge in [0.25, 0.3) is 0 Å². The van der Waals surface area contributed by atoms with Crippen LogP contribution in [0.25, 0.3) is 5.69 Å². The Labute approximate surface area is 182 Å². The summed E-state index contributed by atoms with van der Waals surface area (Å²) in [7, 11) is 0. The smallest absolute Gasteiger partial charge is 0.323 e. The van der Waals surface area contributed by atoms with E-state index >= 15 is 0 Å². The van der Waals surface area contributed by atoms with E-state index in [1.807, 2.05) is 0 Å². The average Bonchev–Trinajstić information content (AvgIpc) is 3.27. The van der Waals surface area contributed by atoms with Gasteiger partial charge in [0.15, 0.2) is 0 Å². The molecule has 162 valence electrons. The van der Waals surface area contributed by atoms with E-state index < -0.39 is 17.9 Å². The number of aromatic nitrogens is 4. The molecule has 1 unspecified atom stereocenters. The zero-order valence-corrected chi connectivity index (χ0v) is 17.3. The largest absolute Gasteiger partial charge is 0.465 e. The number of esters is 1. The molecular formula is C20H20ClFN6O3. The lowest BCUT2D eigenvalue weighted by atomic mass is 10.1. The highest BCUT2D eigenvalue weighted by atomic mass is 35.5. The summed E-state index contributed by atoms with van der Waals surface area (Å²) >= 11 is 6.05. The van der Waals surface area contributed by atoms with E-state index in [4.69, 9.17) is 16.3 Å². The van der Waals surface area contributed by atoms with Gasteiger partial charge in [0.05, 0.1) is 24.5 Å². The second-order valence-electron chi connectivity index (χ2n) is 6.48. The first-order chi connectivity index (χ1) is 15.0. The Morgan fingerprint density at radius 1 is 1.23 bits per heavy atom. The van der Waals surface area contributed by atoms with Crippen LogP contribution in [-0.2, 0) is 20.7 Å². The Kier molecular flexibility index (Phi) is 7.63. The molecule has 0 bridgehead atoms. The molecule has 0 saturated heterocycles. The van der Waals surface area contributed by atoms with Crippen molar-refractivity contribution in [1.82, 2.24) is 25.5 Å². The molecule has 3 rings (SSSR count). The fourth-order valence-corrected chi connectivity index (χ4v) is 3.00. The Hall–Kier alpha value is -3.37. The predicted octanol–water partition coefficient (Wildman–Crippen LogP) is 2.16. The first-order valence-electron chi connectivity index (χ1n) is 9.43. The topological polar surface area (TPSA) is 111 Å². The van der Waals surface area contributed by atoms with Crippen molar-refractivity contribution in [3.63, 3.8) is 0 Å². The van der Waals surface area contributed by atoms with Gasteiger partial charge in [0, 0.05) is 5.02 Å². The van der Waals surface area contributed by atoms with E-state index in [9.17, 15) is 14.0 Å². The van der Waals surface area contributed by atoms with E-state index in [1.165, 1.54) is 23.1 Å². The second-order valence-corrected chi connectivity index (χ2v) is 6.92. The molecule has 1 atom stereocenters. The van der Waals surface area contributed by atoms with Crippen molar-refractivity contribution in [3.05, 3.63) is 65.2 Å². The minimum atomic E-state index is -0.783. The molecule has 0 aliphatic rings. The number of carbonyl (C=O) groups is 2. The molecule has 3 aromatic rings. The molecule has 0 aliphatic carbocycles. The van der Waals surface area contributed by atoms with Gasteiger partial charge in [-0.25, -0.2) is 4.39 Å². The lowest BCUT2D eigenvalue weighted by molar-refractivity contribution is -0.145. The van der Waals surface area contributed by atoms with Gasteiger partial charge in [-0.05, 0) is 59.7 Å². The molecule has 0 saturated carbocycles. The van der Waals surface area contributed by atoms with E-state index in [1.54, 1.807) is 37.3 Å². The summed E-state index contributed by atoms with van der Waals surface area (Å²) in [6, 6.07) is 9.87. The standard InChI is InChI=1S/C20H20ClFN6O3/c1-2-31-20(30)17(9-13-3-6-15(22)7-4-13)23-11-19(29)25-16-10-14(21)5-8-18(16)28-12-24-26-27-28/h3-8,10,12,17,23H,2,9,11H2,1H3,(H,25,29). The highest BCUT2D eigenvalue weighted by Gasteiger charge is 2.21. The summed E-state index contributed by atoms with van der Waals surface area (Å²) in [5, 5.41) is 17.0. The number of anilines is 1. The Morgan fingerprint density at radius 3 is 2.68 bits per heavy atom. The summed E-state index contributed by atoms with van der Waals surface area (Å²) in [5.41, 5.74) is 1.65. The van der Waals surface area contributed by atoms with Crippen molar-refractivity contribution in [3.8, 4) is 5.69 Å². The van der Waals surface area contributed by atoms with Crippen LogP contribution < -0.4 is 10.6 Å². The molecule has 2 aromatic carbocycles.